The zero-order valence-corrected chi connectivity index (χ0v) is 11.4. The van der Waals surface area contributed by atoms with E-state index in [1.54, 1.807) is 6.92 Å². The number of hydrogen-bond donors (Lipinski definition) is 1. The zero-order chi connectivity index (χ0) is 13.9. The van der Waals surface area contributed by atoms with Gasteiger partial charge in [-0.1, -0.05) is 17.2 Å². The van der Waals surface area contributed by atoms with Gasteiger partial charge in [0.15, 0.2) is 9.84 Å². The van der Waals surface area contributed by atoms with Crippen LogP contribution in [-0.2, 0) is 9.84 Å². The van der Waals surface area contributed by atoms with Crippen LogP contribution < -0.4 is 0 Å². The van der Waals surface area contributed by atoms with E-state index in [0.29, 0.717) is 6.42 Å². The molecule has 0 heterocycles. The Kier molecular flexibility index (Phi) is 4.53. The lowest BCUT2D eigenvalue weighted by Crippen LogP contribution is -2.08. The third-order valence-corrected chi connectivity index (χ3v) is 4.35. The molecule has 0 unspecified atom stereocenters. The Morgan fingerprint density at radius 2 is 2.06 bits per heavy atom. The van der Waals surface area contributed by atoms with Crippen LogP contribution in [0.15, 0.2) is 35.2 Å². The van der Waals surface area contributed by atoms with Crippen molar-refractivity contribution in [2.24, 2.45) is 0 Å². The summed E-state index contributed by atoms with van der Waals surface area (Å²) in [6.07, 6.45) is 0.362. The summed E-state index contributed by atoms with van der Waals surface area (Å²) in [5, 5.41) is 8.71. The highest BCUT2D eigenvalue weighted by atomic mass is 35.5. The summed E-state index contributed by atoms with van der Waals surface area (Å²) in [7, 11) is -3.46. The standard InChI is InChI=1S/C12H13ClO4S/c1-8(2)5-6-18(16,17)9-3-4-10(12(14)15)11(13)7-9/h3-4,7H,1,5-6H2,2H3,(H,14,15). The Balaban J connectivity index is 3.08. The number of allylic oxidation sites excluding steroid dienone is 1. The molecule has 1 aromatic carbocycles. The smallest absolute Gasteiger partial charge is 0.337 e. The first-order valence-electron chi connectivity index (χ1n) is 5.14. The number of carbonyl (C=O) groups is 1. The second kappa shape index (κ2) is 5.54. The number of rotatable bonds is 5. The van der Waals surface area contributed by atoms with Crippen LogP contribution >= 0.6 is 11.6 Å². The second-order valence-corrected chi connectivity index (χ2v) is 6.49. The quantitative estimate of drug-likeness (QED) is 0.846. The van der Waals surface area contributed by atoms with E-state index in [0.717, 1.165) is 5.57 Å². The number of carboxylic acid groups (broad SMARTS) is 1. The number of hydrogen-bond acceptors (Lipinski definition) is 3. The van der Waals surface area contributed by atoms with Gasteiger partial charge in [-0.2, -0.15) is 0 Å². The molecule has 0 aliphatic rings. The molecule has 18 heavy (non-hydrogen) atoms. The molecule has 0 bridgehead atoms. The molecular formula is C12H13ClO4S. The van der Waals surface area contributed by atoms with Crippen LogP contribution in [0.25, 0.3) is 0 Å². The maximum atomic E-state index is 11.9. The average molecular weight is 289 g/mol. The van der Waals surface area contributed by atoms with Crippen LogP contribution in [0, 0.1) is 0 Å². The van der Waals surface area contributed by atoms with Crippen LogP contribution in [0.3, 0.4) is 0 Å². The monoisotopic (exact) mass is 288 g/mol. The Morgan fingerprint density at radius 1 is 1.44 bits per heavy atom. The second-order valence-electron chi connectivity index (χ2n) is 3.97. The third-order valence-electron chi connectivity index (χ3n) is 2.33. The van der Waals surface area contributed by atoms with Crippen molar-refractivity contribution in [2.75, 3.05) is 5.75 Å². The predicted octanol–water partition coefficient (Wildman–Crippen LogP) is 2.78. The van der Waals surface area contributed by atoms with Crippen molar-refractivity contribution in [1.29, 1.82) is 0 Å². The molecule has 0 saturated carbocycles. The molecular weight excluding hydrogens is 276 g/mol. The van der Waals surface area contributed by atoms with Gasteiger partial charge in [-0.3, -0.25) is 0 Å². The molecule has 0 atom stereocenters. The zero-order valence-electron chi connectivity index (χ0n) is 9.81. The van der Waals surface area contributed by atoms with E-state index in [4.69, 9.17) is 16.7 Å². The topological polar surface area (TPSA) is 71.4 Å². The molecule has 4 nitrogen and oxygen atoms in total. The van der Waals surface area contributed by atoms with E-state index in [2.05, 4.69) is 6.58 Å². The van der Waals surface area contributed by atoms with Gasteiger partial charge in [-0.15, -0.1) is 6.58 Å². The summed E-state index contributed by atoms with van der Waals surface area (Å²) in [5.41, 5.74) is 0.655. The first-order valence-corrected chi connectivity index (χ1v) is 7.17. The number of aromatic carboxylic acids is 1. The van der Waals surface area contributed by atoms with Gasteiger partial charge in [-0.25, -0.2) is 13.2 Å². The number of sulfone groups is 1. The number of halogens is 1. The highest BCUT2D eigenvalue weighted by molar-refractivity contribution is 7.91. The molecule has 0 aliphatic heterocycles. The lowest BCUT2D eigenvalue weighted by Gasteiger charge is -2.06. The Labute approximate surface area is 111 Å². The van der Waals surface area contributed by atoms with Crippen molar-refractivity contribution in [3.05, 3.63) is 40.9 Å². The predicted molar refractivity (Wildman–Crippen MR) is 69.9 cm³/mol. The van der Waals surface area contributed by atoms with Crippen LogP contribution in [0.4, 0.5) is 0 Å². The number of carboxylic acids is 1. The highest BCUT2D eigenvalue weighted by Gasteiger charge is 2.17. The highest BCUT2D eigenvalue weighted by Crippen LogP contribution is 2.22. The molecule has 0 saturated heterocycles. The Morgan fingerprint density at radius 3 is 2.50 bits per heavy atom. The van der Waals surface area contributed by atoms with Crippen LogP contribution in [0.1, 0.15) is 23.7 Å². The summed E-state index contributed by atoms with van der Waals surface area (Å²) < 4.78 is 23.8. The van der Waals surface area contributed by atoms with Gasteiger partial charge in [0.05, 0.1) is 21.2 Å². The lowest BCUT2D eigenvalue weighted by molar-refractivity contribution is 0.0697. The van der Waals surface area contributed by atoms with Crippen molar-refractivity contribution in [3.8, 4) is 0 Å². The number of benzene rings is 1. The first kappa shape index (κ1) is 14.7. The molecule has 98 valence electrons. The van der Waals surface area contributed by atoms with Gasteiger partial charge in [0, 0.05) is 0 Å². The molecule has 6 heteroatoms. The molecule has 0 radical (unpaired) electrons. The van der Waals surface area contributed by atoms with E-state index in [-0.39, 0.29) is 21.2 Å². The molecule has 0 fully saturated rings. The molecule has 0 spiro atoms. The van der Waals surface area contributed by atoms with Crippen molar-refractivity contribution < 1.29 is 18.3 Å². The van der Waals surface area contributed by atoms with Gasteiger partial charge in [-0.05, 0) is 31.5 Å². The van der Waals surface area contributed by atoms with Gasteiger partial charge >= 0.3 is 5.97 Å². The minimum atomic E-state index is -3.46. The minimum absolute atomic E-state index is 0.0266. The Bertz CT molecular complexity index is 590. The minimum Gasteiger partial charge on any atom is -0.478 e. The summed E-state index contributed by atoms with van der Waals surface area (Å²) in [6, 6.07) is 3.61. The van der Waals surface area contributed by atoms with Crippen molar-refractivity contribution >= 4 is 27.4 Å². The average Bonchev–Trinajstić information content (AvgIpc) is 2.26. The van der Waals surface area contributed by atoms with Crippen LogP contribution in [0.2, 0.25) is 5.02 Å². The van der Waals surface area contributed by atoms with Crippen molar-refractivity contribution in [2.45, 2.75) is 18.2 Å². The van der Waals surface area contributed by atoms with Crippen LogP contribution in [-0.4, -0.2) is 25.2 Å². The van der Waals surface area contributed by atoms with Crippen LogP contribution in [0.5, 0.6) is 0 Å². The van der Waals surface area contributed by atoms with Gasteiger partial charge in [0.25, 0.3) is 0 Å². The molecule has 1 aromatic rings. The molecule has 0 aliphatic carbocycles. The summed E-state index contributed by atoms with van der Waals surface area (Å²) >= 11 is 5.73. The summed E-state index contributed by atoms with van der Waals surface area (Å²) in [4.78, 5) is 10.8. The Hall–Kier alpha value is -1.33. The molecule has 1 rings (SSSR count). The van der Waals surface area contributed by atoms with Crippen molar-refractivity contribution in [3.63, 3.8) is 0 Å². The summed E-state index contributed by atoms with van der Waals surface area (Å²) in [6.45, 7) is 5.38. The van der Waals surface area contributed by atoms with Crippen molar-refractivity contribution in [1.82, 2.24) is 0 Å². The van der Waals surface area contributed by atoms with Gasteiger partial charge < -0.3 is 5.11 Å². The van der Waals surface area contributed by atoms with E-state index >= 15 is 0 Å². The fraction of sp³-hybridized carbons (Fsp3) is 0.250. The normalized spacial score (nSPS) is 11.2. The largest absolute Gasteiger partial charge is 0.478 e. The first-order chi connectivity index (χ1) is 8.24. The molecule has 1 N–H and O–H groups in total. The molecule has 0 aromatic heterocycles. The lowest BCUT2D eigenvalue weighted by atomic mass is 10.2. The van der Waals surface area contributed by atoms with Gasteiger partial charge in [0.2, 0.25) is 0 Å². The fourth-order valence-electron chi connectivity index (χ4n) is 1.29. The van der Waals surface area contributed by atoms with E-state index in [9.17, 15) is 13.2 Å². The maximum absolute atomic E-state index is 11.9. The SMILES string of the molecule is C=C(C)CCS(=O)(=O)c1ccc(C(=O)O)c(Cl)c1. The maximum Gasteiger partial charge on any atom is 0.337 e. The fourth-order valence-corrected chi connectivity index (χ4v) is 3.04. The third kappa shape index (κ3) is 3.58. The summed E-state index contributed by atoms with van der Waals surface area (Å²) in [5.74, 6) is -1.25. The van der Waals surface area contributed by atoms with Gasteiger partial charge in [0.1, 0.15) is 0 Å². The van der Waals surface area contributed by atoms with E-state index in [1.165, 1.54) is 18.2 Å². The van der Waals surface area contributed by atoms with E-state index in [1.807, 2.05) is 0 Å². The molecule has 0 amide bonds. The van der Waals surface area contributed by atoms with E-state index < -0.39 is 15.8 Å².